The molecule has 0 unspecified atom stereocenters. The number of aromatic nitrogens is 4. The first-order valence-electron chi connectivity index (χ1n) is 8.20. The van der Waals surface area contributed by atoms with Gasteiger partial charge in [-0.3, -0.25) is 0 Å². The zero-order valence-corrected chi connectivity index (χ0v) is 14.5. The minimum absolute atomic E-state index is 0.513. The number of imidazole rings is 1. The SMILES string of the molecule is COc1cc(Cn2cnc3cc(-c4ccnc(F)c4)cnc32)ccc1C. The van der Waals surface area contributed by atoms with Crippen molar-refractivity contribution in [3.63, 3.8) is 0 Å². The topological polar surface area (TPSA) is 52.8 Å². The van der Waals surface area contributed by atoms with Gasteiger partial charge in [0.1, 0.15) is 11.3 Å². The zero-order valence-electron chi connectivity index (χ0n) is 14.5. The molecule has 0 aliphatic rings. The summed E-state index contributed by atoms with van der Waals surface area (Å²) < 4.78 is 20.7. The summed E-state index contributed by atoms with van der Waals surface area (Å²) in [4.78, 5) is 12.6. The molecule has 3 aromatic heterocycles. The Morgan fingerprint density at radius 3 is 2.73 bits per heavy atom. The Morgan fingerprint density at radius 2 is 1.92 bits per heavy atom. The largest absolute Gasteiger partial charge is 0.496 e. The Kier molecular flexibility index (Phi) is 4.08. The third kappa shape index (κ3) is 3.01. The summed E-state index contributed by atoms with van der Waals surface area (Å²) >= 11 is 0. The molecule has 0 N–H and O–H groups in total. The minimum atomic E-state index is -0.513. The van der Waals surface area contributed by atoms with E-state index in [2.05, 4.69) is 21.0 Å². The van der Waals surface area contributed by atoms with Crippen molar-refractivity contribution < 1.29 is 9.13 Å². The summed E-state index contributed by atoms with van der Waals surface area (Å²) in [6.07, 6.45) is 4.93. The summed E-state index contributed by atoms with van der Waals surface area (Å²) in [6.45, 7) is 2.66. The number of rotatable bonds is 4. The van der Waals surface area contributed by atoms with Crippen molar-refractivity contribution in [2.75, 3.05) is 7.11 Å². The second-order valence-corrected chi connectivity index (χ2v) is 6.11. The molecule has 26 heavy (non-hydrogen) atoms. The van der Waals surface area contributed by atoms with E-state index in [0.29, 0.717) is 6.54 Å². The minimum Gasteiger partial charge on any atom is -0.496 e. The standard InChI is InChI=1S/C20H17FN4O/c1-13-3-4-14(7-18(13)26-2)11-25-12-24-17-8-16(10-23-20(17)25)15-5-6-22-19(21)9-15/h3-10,12H,11H2,1-2H3. The number of aryl methyl sites for hydroxylation is 1. The molecule has 0 saturated carbocycles. The highest BCUT2D eigenvalue weighted by Gasteiger charge is 2.09. The molecule has 1 aromatic carbocycles. The lowest BCUT2D eigenvalue weighted by Gasteiger charge is -2.09. The predicted octanol–water partition coefficient (Wildman–Crippen LogP) is 4.00. The number of hydrogen-bond donors (Lipinski definition) is 0. The van der Waals surface area contributed by atoms with E-state index in [1.165, 1.54) is 12.3 Å². The van der Waals surface area contributed by atoms with Crippen LogP contribution in [0.25, 0.3) is 22.3 Å². The van der Waals surface area contributed by atoms with Crippen LogP contribution < -0.4 is 4.74 Å². The first-order chi connectivity index (χ1) is 12.6. The molecule has 0 saturated heterocycles. The smallest absolute Gasteiger partial charge is 0.213 e. The molecular formula is C20H17FN4O. The van der Waals surface area contributed by atoms with Crippen molar-refractivity contribution in [3.05, 3.63) is 72.2 Å². The van der Waals surface area contributed by atoms with E-state index in [4.69, 9.17) is 4.74 Å². The van der Waals surface area contributed by atoms with Gasteiger partial charge in [0.05, 0.1) is 20.0 Å². The molecule has 0 aliphatic heterocycles. The molecule has 0 radical (unpaired) electrons. The van der Waals surface area contributed by atoms with Crippen LogP contribution in [-0.2, 0) is 6.54 Å². The van der Waals surface area contributed by atoms with E-state index in [1.807, 2.05) is 29.7 Å². The summed E-state index contributed by atoms with van der Waals surface area (Å²) in [5.41, 5.74) is 5.28. The van der Waals surface area contributed by atoms with Crippen LogP contribution in [0.3, 0.4) is 0 Å². The van der Waals surface area contributed by atoms with Crippen LogP contribution in [0.2, 0.25) is 0 Å². The van der Waals surface area contributed by atoms with E-state index in [0.717, 1.165) is 39.2 Å². The van der Waals surface area contributed by atoms with E-state index >= 15 is 0 Å². The van der Waals surface area contributed by atoms with Crippen molar-refractivity contribution in [3.8, 4) is 16.9 Å². The van der Waals surface area contributed by atoms with Crippen LogP contribution in [0, 0.1) is 12.9 Å². The van der Waals surface area contributed by atoms with E-state index in [1.54, 1.807) is 25.7 Å². The average molecular weight is 348 g/mol. The van der Waals surface area contributed by atoms with Gasteiger partial charge in [-0.05, 0) is 41.8 Å². The van der Waals surface area contributed by atoms with Crippen LogP contribution in [0.4, 0.5) is 4.39 Å². The Balaban J connectivity index is 1.67. The van der Waals surface area contributed by atoms with Gasteiger partial charge in [0.25, 0.3) is 0 Å². The molecule has 0 aliphatic carbocycles. The maximum atomic E-state index is 13.3. The quantitative estimate of drug-likeness (QED) is 0.523. The van der Waals surface area contributed by atoms with Gasteiger partial charge in [0.2, 0.25) is 5.95 Å². The van der Waals surface area contributed by atoms with Gasteiger partial charge in [-0.1, -0.05) is 12.1 Å². The number of benzene rings is 1. The van der Waals surface area contributed by atoms with Crippen LogP contribution in [0.1, 0.15) is 11.1 Å². The third-order valence-electron chi connectivity index (χ3n) is 4.34. The lowest BCUT2D eigenvalue weighted by Crippen LogP contribution is -2.00. The molecule has 0 fully saturated rings. The molecule has 3 heterocycles. The lowest BCUT2D eigenvalue weighted by atomic mass is 10.1. The highest BCUT2D eigenvalue weighted by molar-refractivity contribution is 5.78. The van der Waals surface area contributed by atoms with Gasteiger partial charge < -0.3 is 9.30 Å². The van der Waals surface area contributed by atoms with Crippen LogP contribution >= 0.6 is 0 Å². The Hall–Kier alpha value is -3.28. The Bertz CT molecular complexity index is 1090. The van der Waals surface area contributed by atoms with Gasteiger partial charge in [-0.25, -0.2) is 15.0 Å². The molecule has 0 atom stereocenters. The van der Waals surface area contributed by atoms with E-state index in [9.17, 15) is 4.39 Å². The third-order valence-corrected chi connectivity index (χ3v) is 4.34. The first-order valence-corrected chi connectivity index (χ1v) is 8.20. The van der Waals surface area contributed by atoms with E-state index in [-0.39, 0.29) is 0 Å². The van der Waals surface area contributed by atoms with Gasteiger partial charge >= 0.3 is 0 Å². The van der Waals surface area contributed by atoms with Gasteiger partial charge in [-0.2, -0.15) is 4.39 Å². The van der Waals surface area contributed by atoms with Crippen molar-refractivity contribution in [1.29, 1.82) is 0 Å². The zero-order chi connectivity index (χ0) is 18.1. The molecule has 6 heteroatoms. The molecular weight excluding hydrogens is 331 g/mol. The molecule has 130 valence electrons. The number of halogens is 1. The second-order valence-electron chi connectivity index (χ2n) is 6.11. The fraction of sp³-hybridized carbons (Fsp3) is 0.150. The van der Waals surface area contributed by atoms with Gasteiger partial charge in [0, 0.05) is 24.0 Å². The second kappa shape index (κ2) is 6.55. The summed E-state index contributed by atoms with van der Waals surface area (Å²) in [5, 5.41) is 0. The first kappa shape index (κ1) is 16.2. The molecule has 4 rings (SSSR count). The predicted molar refractivity (Wildman–Crippen MR) is 97.6 cm³/mol. The summed E-state index contributed by atoms with van der Waals surface area (Å²) in [5.74, 6) is 0.350. The number of ether oxygens (including phenoxy) is 1. The number of hydrogen-bond acceptors (Lipinski definition) is 4. The van der Waals surface area contributed by atoms with Crippen molar-refractivity contribution in [2.45, 2.75) is 13.5 Å². The maximum absolute atomic E-state index is 13.3. The molecule has 0 spiro atoms. The number of nitrogens with zero attached hydrogens (tertiary/aromatic N) is 4. The Labute approximate surface area is 150 Å². The highest BCUT2D eigenvalue weighted by Crippen LogP contribution is 2.24. The molecule has 5 nitrogen and oxygen atoms in total. The summed E-state index contributed by atoms with van der Waals surface area (Å²) in [6, 6.07) is 11.2. The van der Waals surface area contributed by atoms with Crippen molar-refractivity contribution in [2.24, 2.45) is 0 Å². The fourth-order valence-electron chi connectivity index (χ4n) is 2.96. The monoisotopic (exact) mass is 348 g/mol. The van der Waals surface area contributed by atoms with Crippen molar-refractivity contribution >= 4 is 11.2 Å². The van der Waals surface area contributed by atoms with Crippen molar-refractivity contribution in [1.82, 2.24) is 19.5 Å². The van der Waals surface area contributed by atoms with Gasteiger partial charge in [-0.15, -0.1) is 0 Å². The maximum Gasteiger partial charge on any atom is 0.213 e. The van der Waals surface area contributed by atoms with Gasteiger partial charge in [0.15, 0.2) is 5.65 Å². The molecule has 0 bridgehead atoms. The fourth-order valence-corrected chi connectivity index (χ4v) is 2.96. The average Bonchev–Trinajstić information content (AvgIpc) is 3.05. The van der Waals surface area contributed by atoms with E-state index < -0.39 is 5.95 Å². The number of pyridine rings is 2. The highest BCUT2D eigenvalue weighted by atomic mass is 19.1. The van der Waals surface area contributed by atoms with Crippen LogP contribution in [0.5, 0.6) is 5.75 Å². The van der Waals surface area contributed by atoms with Crippen LogP contribution in [0.15, 0.2) is 55.1 Å². The molecule has 0 amide bonds. The number of methoxy groups -OCH3 is 1. The van der Waals surface area contributed by atoms with Crippen LogP contribution in [-0.4, -0.2) is 26.6 Å². The lowest BCUT2D eigenvalue weighted by molar-refractivity contribution is 0.411. The normalized spacial score (nSPS) is 11.0. The summed E-state index contributed by atoms with van der Waals surface area (Å²) in [7, 11) is 1.67. The Morgan fingerprint density at radius 1 is 1.04 bits per heavy atom. The number of fused-ring (bicyclic) bond motifs is 1. The molecule has 4 aromatic rings.